The monoisotopic (exact) mass is 444 g/mol. The maximum Gasteiger partial charge on any atom is 0.329 e. The minimum atomic E-state index is -0.913. The zero-order chi connectivity index (χ0) is 23.7. The fourth-order valence-corrected chi connectivity index (χ4v) is 2.88. The van der Waals surface area contributed by atoms with Crippen LogP contribution in [0.4, 0.5) is 4.39 Å². The van der Waals surface area contributed by atoms with Crippen LogP contribution in [-0.2, 0) is 20.9 Å². The second-order valence-corrected chi connectivity index (χ2v) is 7.64. The first-order chi connectivity index (χ1) is 15.2. The van der Waals surface area contributed by atoms with E-state index in [4.69, 9.17) is 9.47 Å². The zero-order valence-corrected chi connectivity index (χ0v) is 18.8. The van der Waals surface area contributed by atoms with Crippen LogP contribution in [0.2, 0.25) is 0 Å². The summed E-state index contributed by atoms with van der Waals surface area (Å²) in [5, 5.41) is 2.67. The molecule has 0 saturated carbocycles. The van der Waals surface area contributed by atoms with Crippen molar-refractivity contribution in [2.45, 2.75) is 33.4 Å². The van der Waals surface area contributed by atoms with Gasteiger partial charge in [0.1, 0.15) is 17.6 Å². The maximum atomic E-state index is 13.0. The van der Waals surface area contributed by atoms with Crippen molar-refractivity contribution in [1.29, 1.82) is 0 Å². The van der Waals surface area contributed by atoms with Gasteiger partial charge in [0, 0.05) is 19.2 Å². The number of benzene rings is 2. The lowest BCUT2D eigenvalue weighted by Gasteiger charge is -2.22. The molecule has 0 aliphatic carbocycles. The molecule has 1 atom stereocenters. The van der Waals surface area contributed by atoms with E-state index in [0.717, 1.165) is 5.56 Å². The first-order valence-corrected chi connectivity index (χ1v) is 10.4. The average Bonchev–Trinajstić information content (AvgIpc) is 2.77. The summed E-state index contributed by atoms with van der Waals surface area (Å²) < 4.78 is 23.5. The van der Waals surface area contributed by atoms with Crippen LogP contribution < -0.4 is 10.1 Å². The number of carbonyl (C=O) groups is 3. The van der Waals surface area contributed by atoms with Crippen LogP contribution >= 0.6 is 0 Å². The van der Waals surface area contributed by atoms with Gasteiger partial charge in [0.15, 0.2) is 6.61 Å². The van der Waals surface area contributed by atoms with Gasteiger partial charge in [-0.3, -0.25) is 9.59 Å². The lowest BCUT2D eigenvalue weighted by Crippen LogP contribution is -2.46. The molecule has 2 rings (SSSR count). The smallest absolute Gasteiger partial charge is 0.329 e. The van der Waals surface area contributed by atoms with E-state index in [9.17, 15) is 18.8 Å². The minimum Gasteiger partial charge on any atom is -0.494 e. The number of hydrogen-bond acceptors (Lipinski definition) is 5. The van der Waals surface area contributed by atoms with Crippen LogP contribution in [0.5, 0.6) is 5.75 Å². The first-order valence-electron chi connectivity index (χ1n) is 10.4. The molecule has 0 saturated heterocycles. The third kappa shape index (κ3) is 7.37. The molecule has 1 unspecified atom stereocenters. The van der Waals surface area contributed by atoms with Crippen molar-refractivity contribution in [1.82, 2.24) is 10.2 Å². The molecule has 2 amide bonds. The van der Waals surface area contributed by atoms with E-state index in [1.54, 1.807) is 57.3 Å². The van der Waals surface area contributed by atoms with Crippen molar-refractivity contribution in [2.75, 3.05) is 20.3 Å². The van der Waals surface area contributed by atoms with Gasteiger partial charge in [-0.2, -0.15) is 0 Å². The fraction of sp³-hybridized carbons (Fsp3) is 0.375. The van der Waals surface area contributed by atoms with E-state index < -0.39 is 30.4 Å². The van der Waals surface area contributed by atoms with Gasteiger partial charge in [0.2, 0.25) is 0 Å². The summed E-state index contributed by atoms with van der Waals surface area (Å²) in [5.74, 6) is -1.49. The minimum absolute atomic E-state index is 0.249. The van der Waals surface area contributed by atoms with Crippen molar-refractivity contribution in [3.05, 3.63) is 65.5 Å². The number of hydrogen-bond donors (Lipinski definition) is 1. The van der Waals surface area contributed by atoms with E-state index in [2.05, 4.69) is 5.32 Å². The van der Waals surface area contributed by atoms with Crippen LogP contribution in [-0.4, -0.2) is 49.0 Å². The van der Waals surface area contributed by atoms with E-state index in [0.29, 0.717) is 17.9 Å². The Hall–Kier alpha value is -3.42. The molecule has 0 radical (unpaired) electrons. The predicted molar refractivity (Wildman–Crippen MR) is 118 cm³/mol. The SMILES string of the molecule is CCOc1ccc(C(=O)NC(C(=O)OCC(=O)N(C)Cc2ccc(F)cc2)C(C)C)cc1. The van der Waals surface area contributed by atoms with Crippen molar-refractivity contribution >= 4 is 17.8 Å². The molecule has 0 fully saturated rings. The fourth-order valence-electron chi connectivity index (χ4n) is 2.88. The molecule has 32 heavy (non-hydrogen) atoms. The summed E-state index contributed by atoms with van der Waals surface area (Å²) in [6.07, 6.45) is 0. The second-order valence-electron chi connectivity index (χ2n) is 7.64. The van der Waals surface area contributed by atoms with Gasteiger partial charge in [-0.1, -0.05) is 26.0 Å². The third-order valence-electron chi connectivity index (χ3n) is 4.73. The van der Waals surface area contributed by atoms with Crippen LogP contribution in [0.25, 0.3) is 0 Å². The second kappa shape index (κ2) is 11.8. The highest BCUT2D eigenvalue weighted by Gasteiger charge is 2.27. The zero-order valence-electron chi connectivity index (χ0n) is 18.8. The maximum absolute atomic E-state index is 13.0. The van der Waals surface area contributed by atoms with Gasteiger partial charge in [0.25, 0.3) is 11.8 Å². The summed E-state index contributed by atoms with van der Waals surface area (Å²) in [4.78, 5) is 38.8. The molecule has 0 heterocycles. The standard InChI is InChI=1S/C24H29FN2O5/c1-5-31-20-12-8-18(9-13-20)23(29)26-22(16(2)3)24(30)32-15-21(28)27(4)14-17-6-10-19(25)11-7-17/h6-13,16,22H,5,14-15H2,1-4H3,(H,26,29). The van der Waals surface area contributed by atoms with Crippen LogP contribution in [0.3, 0.4) is 0 Å². The average molecular weight is 445 g/mol. The van der Waals surface area contributed by atoms with Crippen LogP contribution in [0.15, 0.2) is 48.5 Å². The highest BCUT2D eigenvalue weighted by molar-refractivity contribution is 5.97. The molecule has 2 aromatic rings. The summed E-state index contributed by atoms with van der Waals surface area (Å²) in [5.41, 5.74) is 1.12. The quantitative estimate of drug-likeness (QED) is 0.569. The molecular weight excluding hydrogens is 415 g/mol. The lowest BCUT2D eigenvalue weighted by atomic mass is 10.0. The van der Waals surface area contributed by atoms with Gasteiger partial charge >= 0.3 is 5.97 Å². The van der Waals surface area contributed by atoms with E-state index in [-0.39, 0.29) is 18.3 Å². The molecule has 172 valence electrons. The van der Waals surface area contributed by atoms with E-state index in [1.165, 1.54) is 17.0 Å². The number of nitrogens with one attached hydrogen (secondary N) is 1. The van der Waals surface area contributed by atoms with E-state index >= 15 is 0 Å². The number of halogens is 1. The van der Waals surface area contributed by atoms with Crippen molar-refractivity contribution in [2.24, 2.45) is 5.92 Å². The molecular formula is C24H29FN2O5. The largest absolute Gasteiger partial charge is 0.494 e. The molecule has 1 N–H and O–H groups in total. The number of carbonyl (C=O) groups excluding carboxylic acids is 3. The molecule has 7 nitrogen and oxygen atoms in total. The Bertz CT molecular complexity index is 913. The molecule has 8 heteroatoms. The van der Waals surface area contributed by atoms with Gasteiger partial charge in [-0.25, -0.2) is 9.18 Å². The number of esters is 1. The highest BCUT2D eigenvalue weighted by atomic mass is 19.1. The van der Waals surface area contributed by atoms with Gasteiger partial charge in [-0.05, 0) is 54.8 Å². The lowest BCUT2D eigenvalue weighted by molar-refractivity contribution is -0.154. The van der Waals surface area contributed by atoms with Gasteiger partial charge < -0.3 is 19.7 Å². The Labute approximate surface area is 187 Å². The summed E-state index contributed by atoms with van der Waals surface area (Å²) in [7, 11) is 1.56. The molecule has 0 aliphatic heterocycles. The molecule has 0 aliphatic rings. The Kier molecular flexibility index (Phi) is 9.19. The van der Waals surface area contributed by atoms with Crippen LogP contribution in [0, 0.1) is 11.7 Å². The summed E-state index contributed by atoms with van der Waals surface area (Å²) in [6.45, 7) is 5.71. The number of likely N-dealkylation sites (N-methyl/N-ethyl adjacent to an activating group) is 1. The number of ether oxygens (including phenoxy) is 2. The summed E-state index contributed by atoms with van der Waals surface area (Å²) >= 11 is 0. The Morgan fingerprint density at radius 1 is 1.03 bits per heavy atom. The normalized spacial score (nSPS) is 11.6. The van der Waals surface area contributed by atoms with Gasteiger partial charge in [0.05, 0.1) is 6.61 Å². The number of rotatable bonds is 10. The molecule has 0 aromatic heterocycles. The molecule has 0 spiro atoms. The Balaban J connectivity index is 1.90. The van der Waals surface area contributed by atoms with Gasteiger partial charge in [-0.15, -0.1) is 0 Å². The van der Waals surface area contributed by atoms with Crippen molar-refractivity contribution < 1.29 is 28.2 Å². The highest BCUT2D eigenvalue weighted by Crippen LogP contribution is 2.13. The van der Waals surface area contributed by atoms with E-state index in [1.807, 2.05) is 6.92 Å². The predicted octanol–water partition coefficient (Wildman–Crippen LogP) is 3.18. The van der Waals surface area contributed by atoms with Crippen molar-refractivity contribution in [3.8, 4) is 5.75 Å². The van der Waals surface area contributed by atoms with Crippen molar-refractivity contribution in [3.63, 3.8) is 0 Å². The Morgan fingerprint density at radius 2 is 1.66 bits per heavy atom. The molecule has 0 bridgehead atoms. The number of nitrogens with zero attached hydrogens (tertiary/aromatic N) is 1. The molecule has 2 aromatic carbocycles. The van der Waals surface area contributed by atoms with Crippen LogP contribution in [0.1, 0.15) is 36.7 Å². The topological polar surface area (TPSA) is 84.9 Å². The Morgan fingerprint density at radius 3 is 2.22 bits per heavy atom. The third-order valence-corrected chi connectivity index (χ3v) is 4.73. The number of amides is 2. The summed E-state index contributed by atoms with van der Waals surface area (Å²) in [6, 6.07) is 11.4. The first kappa shape index (κ1) is 24.8.